The number of morpholine rings is 1. The molecule has 6 nitrogen and oxygen atoms in total. The fourth-order valence-electron chi connectivity index (χ4n) is 2.63. The third-order valence-electron chi connectivity index (χ3n) is 4.03. The first-order chi connectivity index (χ1) is 12.1. The van der Waals surface area contributed by atoms with E-state index in [1.807, 2.05) is 35.7 Å². The lowest BCUT2D eigenvalue weighted by molar-refractivity contribution is 0.0337. The van der Waals surface area contributed by atoms with Crippen molar-refractivity contribution >= 4 is 21.4 Å². The summed E-state index contributed by atoms with van der Waals surface area (Å²) < 4.78 is 32.3. The van der Waals surface area contributed by atoms with Gasteiger partial charge in [0.25, 0.3) is 0 Å². The van der Waals surface area contributed by atoms with Crippen LogP contribution < -0.4 is 4.72 Å². The summed E-state index contributed by atoms with van der Waals surface area (Å²) in [5.41, 5.74) is 2.01. The van der Waals surface area contributed by atoms with Crippen LogP contribution in [0.2, 0.25) is 0 Å². The first-order valence-electron chi connectivity index (χ1n) is 8.35. The number of thiazole rings is 1. The Kier molecular flexibility index (Phi) is 6.55. The Labute approximate surface area is 152 Å². The summed E-state index contributed by atoms with van der Waals surface area (Å²) in [5, 5.41) is 2.80. The van der Waals surface area contributed by atoms with Gasteiger partial charge in [-0.25, -0.2) is 18.1 Å². The molecule has 2 heterocycles. The van der Waals surface area contributed by atoms with Gasteiger partial charge in [0.1, 0.15) is 5.01 Å². The molecule has 0 atom stereocenters. The number of hydrogen-bond donors (Lipinski definition) is 1. The van der Waals surface area contributed by atoms with Crippen LogP contribution in [-0.2, 0) is 34.3 Å². The number of hydrogen-bond acceptors (Lipinski definition) is 6. The normalized spacial score (nSPS) is 16.2. The standard InChI is InChI=1S/C17H23N3O3S2/c21-25(22,11-6-15-4-2-1-3-5-15)18-12-17-19-16(14-24-17)13-20-7-9-23-10-8-20/h1-5,14,18H,6-13H2. The van der Waals surface area contributed by atoms with Crippen molar-refractivity contribution in [2.45, 2.75) is 19.5 Å². The SMILES string of the molecule is O=S(=O)(CCc1ccccc1)NCc1nc(CN2CCOCC2)cs1. The summed E-state index contributed by atoms with van der Waals surface area (Å²) in [6.07, 6.45) is 0.510. The Morgan fingerprint density at radius 3 is 2.72 bits per heavy atom. The number of nitrogens with zero attached hydrogens (tertiary/aromatic N) is 2. The highest BCUT2D eigenvalue weighted by molar-refractivity contribution is 7.89. The molecule has 1 aromatic heterocycles. The average Bonchev–Trinajstić information content (AvgIpc) is 3.08. The Hall–Kier alpha value is -1.32. The van der Waals surface area contributed by atoms with Gasteiger partial charge in [0.05, 0.1) is 31.2 Å². The molecule has 0 amide bonds. The Morgan fingerprint density at radius 2 is 1.96 bits per heavy atom. The van der Waals surface area contributed by atoms with Gasteiger partial charge in [-0.2, -0.15) is 0 Å². The highest BCUT2D eigenvalue weighted by atomic mass is 32.2. The van der Waals surface area contributed by atoms with Crippen molar-refractivity contribution in [3.05, 3.63) is 52.0 Å². The highest BCUT2D eigenvalue weighted by Crippen LogP contribution is 2.13. The number of aromatic nitrogens is 1. The molecule has 136 valence electrons. The number of sulfonamides is 1. The smallest absolute Gasteiger partial charge is 0.212 e. The van der Waals surface area contributed by atoms with Gasteiger partial charge in [0.2, 0.25) is 10.0 Å². The maximum absolute atomic E-state index is 12.1. The van der Waals surface area contributed by atoms with Crippen LogP contribution in [0.1, 0.15) is 16.3 Å². The molecule has 3 rings (SSSR count). The van der Waals surface area contributed by atoms with Crippen molar-refractivity contribution in [3.63, 3.8) is 0 Å². The number of rotatable bonds is 8. The molecule has 0 saturated carbocycles. The van der Waals surface area contributed by atoms with E-state index in [-0.39, 0.29) is 12.3 Å². The zero-order valence-electron chi connectivity index (χ0n) is 14.1. The molecule has 0 bridgehead atoms. The minimum Gasteiger partial charge on any atom is -0.379 e. The molecule has 1 aliphatic rings. The molecule has 2 aromatic rings. The predicted molar refractivity (Wildman–Crippen MR) is 99.0 cm³/mol. The third-order valence-corrected chi connectivity index (χ3v) is 6.26. The van der Waals surface area contributed by atoms with E-state index in [1.165, 1.54) is 11.3 Å². The molecule has 0 aliphatic carbocycles. The van der Waals surface area contributed by atoms with Crippen molar-refractivity contribution in [2.75, 3.05) is 32.1 Å². The minimum atomic E-state index is -3.31. The first-order valence-corrected chi connectivity index (χ1v) is 10.9. The number of ether oxygens (including phenoxy) is 1. The van der Waals surface area contributed by atoms with Gasteiger partial charge in [-0.05, 0) is 12.0 Å². The van der Waals surface area contributed by atoms with Crippen molar-refractivity contribution in [2.24, 2.45) is 0 Å². The van der Waals surface area contributed by atoms with E-state index in [9.17, 15) is 8.42 Å². The molecule has 1 N–H and O–H groups in total. The molecular weight excluding hydrogens is 358 g/mol. The maximum Gasteiger partial charge on any atom is 0.212 e. The van der Waals surface area contributed by atoms with Crippen molar-refractivity contribution < 1.29 is 13.2 Å². The lowest BCUT2D eigenvalue weighted by Gasteiger charge is -2.25. The molecule has 8 heteroatoms. The fourth-order valence-corrected chi connectivity index (χ4v) is 4.45. The average molecular weight is 382 g/mol. The second-order valence-corrected chi connectivity index (χ2v) is 8.87. The van der Waals surface area contributed by atoms with Crippen molar-refractivity contribution in [1.82, 2.24) is 14.6 Å². The molecule has 25 heavy (non-hydrogen) atoms. The van der Waals surface area contributed by atoms with Crippen LogP contribution in [-0.4, -0.2) is 50.4 Å². The van der Waals surface area contributed by atoms with E-state index in [2.05, 4.69) is 14.6 Å². The lowest BCUT2D eigenvalue weighted by atomic mass is 10.2. The number of nitrogens with one attached hydrogen (secondary N) is 1. The molecule has 0 spiro atoms. The summed E-state index contributed by atoms with van der Waals surface area (Å²) >= 11 is 1.50. The highest BCUT2D eigenvalue weighted by Gasteiger charge is 2.14. The van der Waals surface area contributed by atoms with Crippen LogP contribution in [0, 0.1) is 0 Å². The van der Waals surface area contributed by atoms with Crippen LogP contribution in [0.5, 0.6) is 0 Å². The zero-order valence-corrected chi connectivity index (χ0v) is 15.7. The second kappa shape index (κ2) is 8.86. The van der Waals surface area contributed by atoms with Gasteiger partial charge >= 0.3 is 0 Å². The first kappa shape index (κ1) is 18.5. The molecule has 1 aliphatic heterocycles. The van der Waals surface area contributed by atoms with Gasteiger partial charge < -0.3 is 4.74 Å². The summed E-state index contributed by atoms with van der Waals surface area (Å²) in [7, 11) is -3.31. The molecule has 0 radical (unpaired) electrons. The number of benzene rings is 1. The molecule has 1 fully saturated rings. The molecular formula is C17H23N3O3S2. The van der Waals surface area contributed by atoms with Crippen LogP contribution in [0.25, 0.3) is 0 Å². The van der Waals surface area contributed by atoms with E-state index in [0.29, 0.717) is 6.42 Å². The van der Waals surface area contributed by atoms with E-state index < -0.39 is 10.0 Å². The number of aryl methyl sites for hydroxylation is 1. The quantitative estimate of drug-likeness (QED) is 0.753. The summed E-state index contributed by atoms with van der Waals surface area (Å²) in [6.45, 7) is 4.40. The van der Waals surface area contributed by atoms with Gasteiger partial charge in [0, 0.05) is 25.0 Å². The molecule has 1 saturated heterocycles. The topological polar surface area (TPSA) is 71.5 Å². The van der Waals surface area contributed by atoms with Gasteiger partial charge in [0.15, 0.2) is 0 Å². The fraction of sp³-hybridized carbons (Fsp3) is 0.471. The minimum absolute atomic E-state index is 0.0863. The van der Waals surface area contributed by atoms with Gasteiger partial charge in [-0.1, -0.05) is 30.3 Å². The van der Waals surface area contributed by atoms with Crippen LogP contribution >= 0.6 is 11.3 Å². The Morgan fingerprint density at radius 1 is 1.20 bits per heavy atom. The lowest BCUT2D eigenvalue weighted by Crippen LogP contribution is -2.35. The Balaban J connectivity index is 1.46. The maximum atomic E-state index is 12.1. The monoisotopic (exact) mass is 381 g/mol. The van der Waals surface area contributed by atoms with E-state index in [0.717, 1.165) is 49.1 Å². The van der Waals surface area contributed by atoms with Crippen LogP contribution in [0.4, 0.5) is 0 Å². The summed E-state index contributed by atoms with van der Waals surface area (Å²) in [5.74, 6) is 0.0863. The summed E-state index contributed by atoms with van der Waals surface area (Å²) in [4.78, 5) is 6.83. The predicted octanol–water partition coefficient (Wildman–Crippen LogP) is 1.64. The largest absolute Gasteiger partial charge is 0.379 e. The second-order valence-electron chi connectivity index (χ2n) is 6.00. The van der Waals surface area contributed by atoms with Crippen molar-refractivity contribution in [3.8, 4) is 0 Å². The van der Waals surface area contributed by atoms with E-state index in [4.69, 9.17) is 4.74 Å². The van der Waals surface area contributed by atoms with E-state index >= 15 is 0 Å². The third kappa shape index (κ3) is 6.16. The zero-order chi connectivity index (χ0) is 17.5. The van der Waals surface area contributed by atoms with Gasteiger partial charge in [-0.3, -0.25) is 4.90 Å². The molecule has 0 unspecified atom stereocenters. The van der Waals surface area contributed by atoms with Crippen LogP contribution in [0.3, 0.4) is 0 Å². The summed E-state index contributed by atoms with van der Waals surface area (Å²) in [6, 6.07) is 9.64. The van der Waals surface area contributed by atoms with Gasteiger partial charge in [-0.15, -0.1) is 11.3 Å². The Bertz CT molecular complexity index is 756. The molecule has 1 aromatic carbocycles. The van der Waals surface area contributed by atoms with Crippen LogP contribution in [0.15, 0.2) is 35.7 Å². The van der Waals surface area contributed by atoms with Crippen molar-refractivity contribution in [1.29, 1.82) is 0 Å². The van der Waals surface area contributed by atoms with E-state index in [1.54, 1.807) is 0 Å².